The molecule has 1 saturated heterocycles. The largest absolute Gasteiger partial charge is 0.391 e. The second kappa shape index (κ2) is 10.7. The average molecular weight is 509 g/mol. The number of β-amino-alcohol motifs (C(OH)–C–C–N with tert-alkyl or cyclic N) is 1. The molecule has 1 atom stereocenters. The van der Waals surface area contributed by atoms with Gasteiger partial charge in [-0.25, -0.2) is 0 Å². The van der Waals surface area contributed by atoms with E-state index in [2.05, 4.69) is 15.5 Å². The number of nitrogens with one attached hydrogen (secondary N) is 2. The Morgan fingerprint density at radius 3 is 1.82 bits per heavy atom. The maximum absolute atomic E-state index is 12.9. The number of hydrogen-bond acceptors (Lipinski definition) is 5. The number of aryl methyl sites for hydroxylation is 1. The number of rotatable bonds is 7. The van der Waals surface area contributed by atoms with E-state index in [1.165, 1.54) is 0 Å². The summed E-state index contributed by atoms with van der Waals surface area (Å²) in [5.41, 5.74) is 4.19. The lowest BCUT2D eigenvalue weighted by atomic mass is 10.0. The van der Waals surface area contributed by atoms with Crippen molar-refractivity contribution in [2.75, 3.05) is 28.6 Å². The number of benzene rings is 3. The zero-order valence-electron chi connectivity index (χ0n) is 20.9. The first kappa shape index (κ1) is 25.0. The lowest BCUT2D eigenvalue weighted by molar-refractivity contribution is 0.101. The van der Waals surface area contributed by atoms with Crippen molar-refractivity contribution in [1.29, 1.82) is 0 Å². The molecule has 0 aliphatic carbocycles. The van der Waals surface area contributed by atoms with Gasteiger partial charge in [-0.05, 0) is 91.3 Å². The minimum Gasteiger partial charge on any atom is -0.391 e. The van der Waals surface area contributed by atoms with Crippen LogP contribution in [0.2, 0.25) is 0 Å². The van der Waals surface area contributed by atoms with Crippen molar-refractivity contribution in [3.8, 4) is 0 Å². The molecular weight excluding hydrogens is 480 g/mol. The van der Waals surface area contributed by atoms with Gasteiger partial charge in [0.05, 0.1) is 6.10 Å². The Hall–Kier alpha value is -4.69. The van der Waals surface area contributed by atoms with Gasteiger partial charge in [-0.15, -0.1) is 0 Å². The van der Waals surface area contributed by atoms with E-state index in [0.717, 1.165) is 18.7 Å². The number of amides is 2. The number of nitrogens with zero attached hydrogens (tertiary/aromatic N) is 2. The zero-order chi connectivity index (χ0) is 26.6. The van der Waals surface area contributed by atoms with E-state index in [4.69, 9.17) is 0 Å². The third-order valence-corrected chi connectivity index (χ3v) is 6.64. The summed E-state index contributed by atoms with van der Waals surface area (Å²) in [7, 11) is 1.80. The number of ketones is 1. The van der Waals surface area contributed by atoms with Crippen LogP contribution >= 0.6 is 0 Å². The Balaban J connectivity index is 1.18. The fourth-order valence-electron chi connectivity index (χ4n) is 4.47. The fourth-order valence-corrected chi connectivity index (χ4v) is 4.47. The van der Waals surface area contributed by atoms with E-state index in [1.54, 1.807) is 90.6 Å². The Morgan fingerprint density at radius 2 is 1.32 bits per heavy atom. The van der Waals surface area contributed by atoms with Gasteiger partial charge in [0.25, 0.3) is 11.8 Å². The predicted octanol–water partition coefficient (Wildman–Crippen LogP) is 4.33. The molecule has 192 valence electrons. The highest BCUT2D eigenvalue weighted by atomic mass is 16.3. The van der Waals surface area contributed by atoms with E-state index >= 15 is 0 Å². The third-order valence-electron chi connectivity index (χ3n) is 6.64. The van der Waals surface area contributed by atoms with Crippen LogP contribution in [0.25, 0.3) is 0 Å². The number of aliphatic hydroxyl groups is 1. The van der Waals surface area contributed by atoms with Crippen molar-refractivity contribution in [3.63, 3.8) is 0 Å². The Morgan fingerprint density at radius 1 is 0.763 bits per heavy atom. The molecule has 1 unspecified atom stereocenters. The number of hydrogen-bond donors (Lipinski definition) is 3. The lowest BCUT2D eigenvalue weighted by Crippen LogP contribution is -2.21. The molecule has 3 N–H and O–H groups in total. The van der Waals surface area contributed by atoms with Gasteiger partial charge in [0.1, 0.15) is 5.69 Å². The molecule has 2 heterocycles. The van der Waals surface area contributed by atoms with Crippen molar-refractivity contribution in [2.45, 2.75) is 12.5 Å². The van der Waals surface area contributed by atoms with Crippen LogP contribution < -0.4 is 15.5 Å². The maximum Gasteiger partial charge on any atom is 0.272 e. The summed E-state index contributed by atoms with van der Waals surface area (Å²) in [6.45, 7) is 1.40. The molecule has 1 aliphatic heterocycles. The zero-order valence-corrected chi connectivity index (χ0v) is 20.9. The highest BCUT2D eigenvalue weighted by molar-refractivity contribution is 6.10. The van der Waals surface area contributed by atoms with E-state index in [9.17, 15) is 19.5 Å². The Labute approximate surface area is 220 Å². The first-order valence-corrected chi connectivity index (χ1v) is 12.4. The molecule has 0 saturated carbocycles. The van der Waals surface area contributed by atoms with Crippen LogP contribution in [0.4, 0.5) is 17.1 Å². The normalized spacial score (nSPS) is 14.8. The third kappa shape index (κ3) is 5.50. The molecule has 1 aliphatic rings. The molecule has 1 aromatic heterocycles. The van der Waals surface area contributed by atoms with Crippen LogP contribution in [-0.2, 0) is 7.05 Å². The van der Waals surface area contributed by atoms with Gasteiger partial charge in [-0.3, -0.25) is 14.4 Å². The van der Waals surface area contributed by atoms with Crippen molar-refractivity contribution in [3.05, 3.63) is 114 Å². The van der Waals surface area contributed by atoms with E-state index in [-0.39, 0.29) is 23.7 Å². The highest BCUT2D eigenvalue weighted by Crippen LogP contribution is 2.22. The van der Waals surface area contributed by atoms with E-state index in [0.29, 0.717) is 40.3 Å². The summed E-state index contributed by atoms with van der Waals surface area (Å²) in [4.78, 5) is 40.1. The number of aromatic nitrogens is 1. The van der Waals surface area contributed by atoms with Crippen LogP contribution in [0, 0.1) is 0 Å². The Bertz CT molecular complexity index is 1460. The average Bonchev–Trinajstić information content (AvgIpc) is 3.57. The number of carbonyl (C=O) groups is 3. The predicted molar refractivity (Wildman–Crippen MR) is 147 cm³/mol. The molecule has 8 heteroatoms. The summed E-state index contributed by atoms with van der Waals surface area (Å²) >= 11 is 0. The molecule has 0 spiro atoms. The molecule has 38 heavy (non-hydrogen) atoms. The molecule has 8 nitrogen and oxygen atoms in total. The van der Waals surface area contributed by atoms with Crippen LogP contribution in [0.15, 0.2) is 91.1 Å². The number of anilines is 3. The molecule has 4 aromatic rings. The van der Waals surface area contributed by atoms with Gasteiger partial charge in [-0.2, -0.15) is 0 Å². The van der Waals surface area contributed by atoms with Crippen molar-refractivity contribution < 1.29 is 19.5 Å². The summed E-state index contributed by atoms with van der Waals surface area (Å²) < 4.78 is 1.73. The van der Waals surface area contributed by atoms with Crippen LogP contribution in [0.5, 0.6) is 0 Å². The SMILES string of the molecule is Cn1cccc1C(=O)Nc1ccc(C(=O)c2ccc(NC(=O)c3ccc(N4CCC(O)C4)cc3)cc2)cc1. The summed E-state index contributed by atoms with van der Waals surface area (Å²) in [5.74, 6) is -0.632. The minimum absolute atomic E-state index is 0.161. The molecule has 1 fully saturated rings. The first-order chi connectivity index (χ1) is 18.4. The molecule has 2 amide bonds. The number of carbonyl (C=O) groups excluding carboxylic acids is 3. The molecular formula is C30H28N4O4. The standard InChI is InChI=1S/C30H28N4O4/c1-33-17-2-3-27(33)30(38)32-24-12-6-21(7-13-24)28(36)20-4-10-23(11-5-20)31-29(37)22-8-14-25(15-9-22)34-18-16-26(35)19-34/h2-15,17,26,35H,16,18-19H2,1H3,(H,31,37)(H,32,38). The number of aliphatic hydroxyl groups excluding tert-OH is 1. The van der Waals surface area contributed by atoms with Gasteiger partial charge >= 0.3 is 0 Å². The van der Waals surface area contributed by atoms with Crippen molar-refractivity contribution in [1.82, 2.24) is 4.57 Å². The smallest absolute Gasteiger partial charge is 0.272 e. The Kier molecular flexibility index (Phi) is 7.06. The first-order valence-electron chi connectivity index (χ1n) is 12.4. The van der Waals surface area contributed by atoms with E-state index in [1.807, 2.05) is 12.1 Å². The van der Waals surface area contributed by atoms with Crippen LogP contribution in [0.3, 0.4) is 0 Å². The second-order valence-corrected chi connectivity index (χ2v) is 9.33. The fraction of sp³-hybridized carbons (Fsp3) is 0.167. The van der Waals surface area contributed by atoms with Gasteiger partial charge in [0, 0.05) is 60.1 Å². The summed E-state index contributed by atoms with van der Waals surface area (Å²) in [6.07, 6.45) is 2.24. The maximum atomic E-state index is 12.9. The minimum atomic E-state index is -0.306. The summed E-state index contributed by atoms with van der Waals surface area (Å²) in [5, 5.41) is 15.4. The van der Waals surface area contributed by atoms with E-state index < -0.39 is 0 Å². The van der Waals surface area contributed by atoms with Gasteiger partial charge in [-0.1, -0.05) is 0 Å². The highest BCUT2D eigenvalue weighted by Gasteiger charge is 2.20. The molecule has 0 radical (unpaired) electrons. The van der Waals surface area contributed by atoms with Gasteiger partial charge < -0.3 is 25.2 Å². The lowest BCUT2D eigenvalue weighted by Gasteiger charge is -2.18. The monoisotopic (exact) mass is 508 g/mol. The quantitative estimate of drug-likeness (QED) is 0.323. The van der Waals surface area contributed by atoms with Gasteiger partial charge in [0.2, 0.25) is 0 Å². The molecule has 5 rings (SSSR count). The van der Waals surface area contributed by atoms with Gasteiger partial charge in [0.15, 0.2) is 5.78 Å². The molecule has 3 aromatic carbocycles. The summed E-state index contributed by atoms with van der Waals surface area (Å²) in [6, 6.07) is 24.3. The molecule has 0 bridgehead atoms. The van der Waals surface area contributed by atoms with Crippen molar-refractivity contribution >= 4 is 34.7 Å². The van der Waals surface area contributed by atoms with Crippen LogP contribution in [0.1, 0.15) is 43.2 Å². The van der Waals surface area contributed by atoms with Crippen molar-refractivity contribution in [2.24, 2.45) is 7.05 Å². The van der Waals surface area contributed by atoms with Crippen LogP contribution in [-0.4, -0.2) is 46.5 Å². The second-order valence-electron chi connectivity index (χ2n) is 9.33. The topological polar surface area (TPSA) is 104 Å².